The van der Waals surface area contributed by atoms with E-state index in [2.05, 4.69) is 22.0 Å². The van der Waals surface area contributed by atoms with Gasteiger partial charge in [0.05, 0.1) is 7.11 Å². The number of halogens is 1. The molecule has 6 nitrogen and oxygen atoms in total. The maximum absolute atomic E-state index is 12.1. The molecule has 1 aromatic heterocycles. The Kier molecular flexibility index (Phi) is 6.73. The number of methoxy groups -OCH3 is 1. The first-order valence-corrected chi connectivity index (χ1v) is 10.1. The summed E-state index contributed by atoms with van der Waals surface area (Å²) in [4.78, 5) is 25.6. The molecule has 1 aliphatic rings. The highest BCUT2D eigenvalue weighted by molar-refractivity contribution is 6.18. The van der Waals surface area contributed by atoms with E-state index in [1.807, 2.05) is 30.9 Å². The molecule has 0 saturated carbocycles. The molecule has 0 spiro atoms. The third-order valence-corrected chi connectivity index (χ3v) is 5.27. The molecule has 1 aliphatic heterocycles. The summed E-state index contributed by atoms with van der Waals surface area (Å²) in [6.07, 6.45) is 1.16. The number of nitrogens with zero attached hydrogens (tertiary/aromatic N) is 4. The van der Waals surface area contributed by atoms with E-state index < -0.39 is 0 Å². The van der Waals surface area contributed by atoms with E-state index in [9.17, 15) is 4.79 Å². The lowest BCUT2D eigenvalue weighted by atomic mass is 10.0. The fourth-order valence-electron chi connectivity index (χ4n) is 3.54. The Labute approximate surface area is 171 Å². The predicted molar refractivity (Wildman–Crippen MR) is 111 cm³/mol. The van der Waals surface area contributed by atoms with E-state index in [1.165, 1.54) is 5.56 Å². The molecule has 0 unspecified atom stereocenters. The molecule has 1 amide bonds. The number of alkyl halides is 1. The third kappa shape index (κ3) is 4.73. The van der Waals surface area contributed by atoms with Crippen LogP contribution in [0.15, 0.2) is 24.3 Å². The number of rotatable bonds is 6. The number of ether oxygens (including phenoxy) is 1. The molecule has 0 bridgehead atoms. The summed E-state index contributed by atoms with van der Waals surface area (Å²) in [5.41, 5.74) is 3.32. The van der Waals surface area contributed by atoms with Crippen molar-refractivity contribution in [3.63, 3.8) is 0 Å². The van der Waals surface area contributed by atoms with Gasteiger partial charge in [0.25, 0.3) is 0 Å². The number of aryl methyl sites for hydroxylation is 2. The second-order valence-corrected chi connectivity index (χ2v) is 7.37. The lowest BCUT2D eigenvalue weighted by molar-refractivity contribution is -0.131. The Balaban J connectivity index is 1.80. The van der Waals surface area contributed by atoms with Crippen molar-refractivity contribution in [2.75, 3.05) is 44.1 Å². The van der Waals surface area contributed by atoms with Crippen LogP contribution in [0.2, 0.25) is 0 Å². The van der Waals surface area contributed by atoms with E-state index in [0.29, 0.717) is 25.4 Å². The number of carbonyl (C=O) groups excluding carboxylic acids is 1. The molecule has 1 fully saturated rings. The van der Waals surface area contributed by atoms with E-state index in [0.717, 1.165) is 48.2 Å². The van der Waals surface area contributed by atoms with Gasteiger partial charge in [0.1, 0.15) is 17.4 Å². The lowest BCUT2D eigenvalue weighted by Crippen LogP contribution is -2.49. The summed E-state index contributed by atoms with van der Waals surface area (Å²) >= 11 is 5.71. The first kappa shape index (κ1) is 20.4. The number of aromatic nitrogens is 2. The summed E-state index contributed by atoms with van der Waals surface area (Å²) < 4.78 is 5.25. The lowest BCUT2D eigenvalue weighted by Gasteiger charge is -2.36. The maximum Gasteiger partial charge on any atom is 0.223 e. The molecule has 2 aromatic rings. The van der Waals surface area contributed by atoms with Crippen LogP contribution in [0.25, 0.3) is 0 Å². The zero-order valence-corrected chi connectivity index (χ0v) is 17.5. The minimum absolute atomic E-state index is 0.128. The minimum Gasteiger partial charge on any atom is -0.497 e. The molecule has 1 saturated heterocycles. The summed E-state index contributed by atoms with van der Waals surface area (Å²) in [7, 11) is 1.67. The van der Waals surface area contributed by atoms with Crippen molar-refractivity contribution in [3.05, 3.63) is 46.9 Å². The normalized spacial score (nSPS) is 14.3. The molecule has 0 aliphatic carbocycles. The van der Waals surface area contributed by atoms with Crippen LogP contribution in [-0.4, -0.2) is 59.9 Å². The Morgan fingerprint density at radius 3 is 2.39 bits per heavy atom. The summed E-state index contributed by atoms with van der Waals surface area (Å²) in [6, 6.07) is 8.09. The molecule has 150 valence electrons. The Morgan fingerprint density at radius 1 is 1.11 bits per heavy atom. The van der Waals surface area contributed by atoms with E-state index in [-0.39, 0.29) is 5.91 Å². The zero-order valence-electron chi connectivity index (χ0n) is 16.7. The largest absolute Gasteiger partial charge is 0.497 e. The first-order valence-electron chi connectivity index (χ1n) is 9.57. The molecule has 2 heterocycles. The van der Waals surface area contributed by atoms with Crippen LogP contribution in [0, 0.1) is 13.8 Å². The number of hydrogen-bond acceptors (Lipinski definition) is 5. The Bertz CT molecular complexity index is 818. The van der Waals surface area contributed by atoms with Gasteiger partial charge in [-0.2, -0.15) is 0 Å². The van der Waals surface area contributed by atoms with Gasteiger partial charge < -0.3 is 14.5 Å². The van der Waals surface area contributed by atoms with Gasteiger partial charge in [0.2, 0.25) is 5.91 Å². The Hall–Kier alpha value is -2.34. The highest BCUT2D eigenvalue weighted by atomic mass is 35.5. The van der Waals surface area contributed by atoms with E-state index in [1.54, 1.807) is 7.11 Å². The summed E-state index contributed by atoms with van der Waals surface area (Å²) in [5.74, 6) is 3.09. The molecule has 0 atom stereocenters. The fraction of sp³-hybridized carbons (Fsp3) is 0.476. The topological polar surface area (TPSA) is 58.6 Å². The monoisotopic (exact) mass is 402 g/mol. The van der Waals surface area contributed by atoms with Crippen LogP contribution in [0.1, 0.15) is 29.1 Å². The SMILES string of the molecule is COc1ccc(Cc2c(C)nc(C)nc2N2CCN(C(=O)CCCl)CC2)cc1. The number of hydrogen-bond donors (Lipinski definition) is 0. The van der Waals surface area contributed by atoms with Gasteiger partial charge in [-0.05, 0) is 31.5 Å². The van der Waals surface area contributed by atoms with Crippen LogP contribution in [0.4, 0.5) is 5.82 Å². The fourth-order valence-corrected chi connectivity index (χ4v) is 3.70. The second kappa shape index (κ2) is 9.24. The zero-order chi connectivity index (χ0) is 20.1. The van der Waals surface area contributed by atoms with Crippen molar-refractivity contribution in [2.24, 2.45) is 0 Å². The molecule has 1 aromatic carbocycles. The van der Waals surface area contributed by atoms with Crippen molar-refractivity contribution >= 4 is 23.3 Å². The van der Waals surface area contributed by atoms with Gasteiger partial charge in [0.15, 0.2) is 0 Å². The third-order valence-electron chi connectivity index (χ3n) is 5.08. The summed E-state index contributed by atoms with van der Waals surface area (Å²) in [6.45, 7) is 6.88. The molecular formula is C21H27ClN4O2. The standard InChI is InChI=1S/C21H27ClN4O2/c1-15-19(14-17-4-6-18(28-3)7-5-17)21(24-16(2)23-15)26-12-10-25(11-13-26)20(27)8-9-22/h4-7H,8-14H2,1-3H3. The number of carbonyl (C=O) groups is 1. The van der Waals surface area contributed by atoms with Crippen molar-refractivity contribution in [1.82, 2.24) is 14.9 Å². The molecule has 0 N–H and O–H groups in total. The number of anilines is 1. The van der Waals surface area contributed by atoms with E-state index in [4.69, 9.17) is 21.3 Å². The highest BCUT2D eigenvalue weighted by Crippen LogP contribution is 2.26. The van der Waals surface area contributed by atoms with Gasteiger partial charge in [-0.25, -0.2) is 9.97 Å². The maximum atomic E-state index is 12.1. The van der Waals surface area contributed by atoms with E-state index >= 15 is 0 Å². The molecule has 0 radical (unpaired) electrons. The van der Waals surface area contributed by atoms with Gasteiger partial charge in [-0.1, -0.05) is 12.1 Å². The van der Waals surface area contributed by atoms with Crippen molar-refractivity contribution in [1.29, 1.82) is 0 Å². The molecule has 3 rings (SSSR count). The highest BCUT2D eigenvalue weighted by Gasteiger charge is 2.24. The molecule has 28 heavy (non-hydrogen) atoms. The smallest absolute Gasteiger partial charge is 0.223 e. The van der Waals surface area contributed by atoms with Crippen LogP contribution in [0.5, 0.6) is 5.75 Å². The average molecular weight is 403 g/mol. The van der Waals surface area contributed by atoms with Crippen molar-refractivity contribution in [2.45, 2.75) is 26.7 Å². The minimum atomic E-state index is 0.128. The van der Waals surface area contributed by atoms with Crippen molar-refractivity contribution < 1.29 is 9.53 Å². The van der Waals surface area contributed by atoms with Gasteiger partial charge >= 0.3 is 0 Å². The molecule has 7 heteroatoms. The average Bonchev–Trinajstić information content (AvgIpc) is 2.70. The molecular weight excluding hydrogens is 376 g/mol. The van der Waals surface area contributed by atoms with Crippen molar-refractivity contribution in [3.8, 4) is 5.75 Å². The number of benzene rings is 1. The van der Waals surface area contributed by atoms with Crippen LogP contribution >= 0.6 is 11.6 Å². The number of piperazine rings is 1. The first-order chi connectivity index (χ1) is 13.5. The van der Waals surface area contributed by atoms with Gasteiger partial charge in [-0.3, -0.25) is 4.79 Å². The van der Waals surface area contributed by atoms with Crippen LogP contribution in [0.3, 0.4) is 0 Å². The van der Waals surface area contributed by atoms with Gasteiger partial charge in [-0.15, -0.1) is 11.6 Å². The second-order valence-electron chi connectivity index (χ2n) is 6.99. The van der Waals surface area contributed by atoms with Gasteiger partial charge in [0, 0.05) is 56.2 Å². The Morgan fingerprint density at radius 2 is 1.79 bits per heavy atom. The quantitative estimate of drug-likeness (QED) is 0.695. The van der Waals surface area contributed by atoms with Crippen LogP contribution in [-0.2, 0) is 11.2 Å². The predicted octanol–water partition coefficient (Wildman–Crippen LogP) is 2.97. The number of amides is 1. The summed E-state index contributed by atoms with van der Waals surface area (Å²) in [5, 5.41) is 0. The van der Waals surface area contributed by atoms with Crippen LogP contribution < -0.4 is 9.64 Å².